The standard InChI is InChI=1S/C24H33NO2/c1-20-17-25(18-24(20,2)15-10-16-27-19-26-3)23(21-11-6-4-7-12-21)22-13-8-5-9-14-22/h4-9,11-14,20,23H,10,15-19H2,1-3H3/t20-,24-/m1/s1. The Balaban J connectivity index is 1.74. The molecule has 146 valence electrons. The maximum Gasteiger partial charge on any atom is 0.146 e. The topological polar surface area (TPSA) is 21.7 Å². The molecule has 1 fully saturated rings. The number of ether oxygens (including phenoxy) is 2. The van der Waals surface area contributed by atoms with Gasteiger partial charge in [0.2, 0.25) is 0 Å². The molecule has 27 heavy (non-hydrogen) atoms. The molecule has 0 unspecified atom stereocenters. The smallest absolute Gasteiger partial charge is 0.146 e. The van der Waals surface area contributed by atoms with Crippen molar-refractivity contribution in [3.8, 4) is 0 Å². The van der Waals surface area contributed by atoms with E-state index in [1.807, 2.05) is 0 Å². The van der Waals surface area contributed by atoms with E-state index < -0.39 is 0 Å². The van der Waals surface area contributed by atoms with Crippen LogP contribution in [-0.4, -0.2) is 38.5 Å². The molecule has 0 N–H and O–H groups in total. The molecule has 1 aliphatic rings. The number of nitrogens with zero attached hydrogens (tertiary/aromatic N) is 1. The van der Waals surface area contributed by atoms with E-state index in [4.69, 9.17) is 9.47 Å². The molecule has 3 heteroatoms. The van der Waals surface area contributed by atoms with Gasteiger partial charge in [-0.05, 0) is 35.3 Å². The van der Waals surface area contributed by atoms with E-state index in [1.165, 1.54) is 17.5 Å². The average Bonchev–Trinajstić information content (AvgIpc) is 2.98. The largest absolute Gasteiger partial charge is 0.359 e. The Labute approximate surface area is 164 Å². The van der Waals surface area contributed by atoms with Gasteiger partial charge in [-0.15, -0.1) is 0 Å². The van der Waals surface area contributed by atoms with E-state index in [-0.39, 0.29) is 0 Å². The summed E-state index contributed by atoms with van der Waals surface area (Å²) >= 11 is 0. The predicted molar refractivity (Wildman–Crippen MR) is 111 cm³/mol. The number of methoxy groups -OCH3 is 1. The van der Waals surface area contributed by atoms with Crippen molar-refractivity contribution in [3.63, 3.8) is 0 Å². The first-order chi connectivity index (χ1) is 13.1. The minimum atomic E-state index is 0.318. The van der Waals surface area contributed by atoms with Crippen molar-refractivity contribution in [2.75, 3.05) is 33.6 Å². The lowest BCUT2D eigenvalue weighted by Crippen LogP contribution is -2.30. The first kappa shape index (κ1) is 20.1. The molecular formula is C24H33NO2. The highest BCUT2D eigenvalue weighted by molar-refractivity contribution is 5.32. The summed E-state index contributed by atoms with van der Waals surface area (Å²) in [6.07, 6.45) is 2.27. The normalized spacial score (nSPS) is 23.2. The van der Waals surface area contributed by atoms with Crippen LogP contribution in [0, 0.1) is 11.3 Å². The third-order valence-electron chi connectivity index (χ3n) is 6.10. The van der Waals surface area contributed by atoms with Crippen molar-refractivity contribution in [2.45, 2.75) is 32.7 Å². The fourth-order valence-electron chi connectivity index (χ4n) is 4.38. The molecule has 2 aromatic carbocycles. The Hall–Kier alpha value is -1.68. The predicted octanol–water partition coefficient (Wildman–Crippen LogP) is 5.13. The van der Waals surface area contributed by atoms with Crippen molar-refractivity contribution in [3.05, 3.63) is 71.8 Å². The Bertz CT molecular complexity index is 636. The van der Waals surface area contributed by atoms with E-state index in [1.54, 1.807) is 7.11 Å². The molecule has 0 spiro atoms. The van der Waals surface area contributed by atoms with Crippen LogP contribution in [0.5, 0.6) is 0 Å². The fraction of sp³-hybridized carbons (Fsp3) is 0.500. The van der Waals surface area contributed by atoms with E-state index in [0.717, 1.165) is 26.1 Å². The van der Waals surface area contributed by atoms with Crippen LogP contribution in [0.1, 0.15) is 43.9 Å². The van der Waals surface area contributed by atoms with Gasteiger partial charge in [0.1, 0.15) is 6.79 Å². The van der Waals surface area contributed by atoms with Gasteiger partial charge in [-0.2, -0.15) is 0 Å². The van der Waals surface area contributed by atoms with Gasteiger partial charge in [0.25, 0.3) is 0 Å². The Morgan fingerprint density at radius 1 is 1.04 bits per heavy atom. The maximum absolute atomic E-state index is 5.50. The fourth-order valence-corrected chi connectivity index (χ4v) is 4.38. The van der Waals surface area contributed by atoms with Crippen molar-refractivity contribution >= 4 is 0 Å². The molecule has 0 saturated carbocycles. The third kappa shape index (κ3) is 4.98. The molecular weight excluding hydrogens is 334 g/mol. The minimum absolute atomic E-state index is 0.318. The van der Waals surface area contributed by atoms with E-state index >= 15 is 0 Å². The highest BCUT2D eigenvalue weighted by atomic mass is 16.7. The van der Waals surface area contributed by atoms with E-state index in [0.29, 0.717) is 24.2 Å². The van der Waals surface area contributed by atoms with Crippen LogP contribution in [0.25, 0.3) is 0 Å². The Morgan fingerprint density at radius 3 is 2.19 bits per heavy atom. The highest BCUT2D eigenvalue weighted by Crippen LogP contribution is 2.44. The van der Waals surface area contributed by atoms with Gasteiger partial charge in [-0.3, -0.25) is 4.90 Å². The second kappa shape index (κ2) is 9.50. The number of hydrogen-bond donors (Lipinski definition) is 0. The molecule has 0 radical (unpaired) electrons. The second-order valence-corrected chi connectivity index (χ2v) is 8.13. The summed E-state index contributed by atoms with van der Waals surface area (Å²) < 4.78 is 10.5. The van der Waals surface area contributed by atoms with Crippen molar-refractivity contribution < 1.29 is 9.47 Å². The molecule has 0 amide bonds. The molecule has 3 rings (SSSR count). The first-order valence-electron chi connectivity index (χ1n) is 10.0. The van der Waals surface area contributed by atoms with Gasteiger partial charge < -0.3 is 9.47 Å². The van der Waals surface area contributed by atoms with Crippen LogP contribution in [0.4, 0.5) is 0 Å². The number of likely N-dealkylation sites (tertiary alicyclic amines) is 1. The summed E-state index contributed by atoms with van der Waals surface area (Å²) in [5, 5.41) is 0. The summed E-state index contributed by atoms with van der Waals surface area (Å²) in [7, 11) is 1.67. The molecule has 1 heterocycles. The molecule has 3 nitrogen and oxygen atoms in total. The molecule has 2 aromatic rings. The monoisotopic (exact) mass is 367 g/mol. The highest BCUT2D eigenvalue weighted by Gasteiger charge is 2.42. The number of benzene rings is 2. The lowest BCUT2D eigenvalue weighted by atomic mass is 9.77. The zero-order valence-electron chi connectivity index (χ0n) is 16.9. The third-order valence-corrected chi connectivity index (χ3v) is 6.10. The summed E-state index contributed by atoms with van der Waals surface area (Å²) in [4.78, 5) is 2.67. The van der Waals surface area contributed by atoms with Crippen LogP contribution in [0.15, 0.2) is 60.7 Å². The van der Waals surface area contributed by atoms with Crippen LogP contribution in [-0.2, 0) is 9.47 Å². The minimum Gasteiger partial charge on any atom is -0.359 e. The van der Waals surface area contributed by atoms with Crippen LogP contribution >= 0.6 is 0 Å². The van der Waals surface area contributed by atoms with Crippen molar-refractivity contribution in [1.82, 2.24) is 4.90 Å². The van der Waals surface area contributed by atoms with Crippen LogP contribution in [0.3, 0.4) is 0 Å². The lowest BCUT2D eigenvalue weighted by molar-refractivity contribution is -0.0339. The molecule has 0 aliphatic carbocycles. The number of hydrogen-bond acceptors (Lipinski definition) is 3. The van der Waals surface area contributed by atoms with Gasteiger partial charge >= 0.3 is 0 Å². The molecule has 2 atom stereocenters. The lowest BCUT2D eigenvalue weighted by Gasteiger charge is -2.32. The van der Waals surface area contributed by atoms with Gasteiger partial charge in [0.15, 0.2) is 0 Å². The molecule has 1 saturated heterocycles. The van der Waals surface area contributed by atoms with Gasteiger partial charge in [0, 0.05) is 26.8 Å². The summed E-state index contributed by atoms with van der Waals surface area (Å²) in [6, 6.07) is 22.2. The molecule has 0 aromatic heterocycles. The van der Waals surface area contributed by atoms with Crippen molar-refractivity contribution in [2.24, 2.45) is 11.3 Å². The quantitative estimate of drug-likeness (QED) is 0.453. The number of rotatable bonds is 9. The first-order valence-corrected chi connectivity index (χ1v) is 10.0. The van der Waals surface area contributed by atoms with Gasteiger partial charge in [-0.25, -0.2) is 0 Å². The summed E-state index contributed by atoms with van der Waals surface area (Å²) in [6.45, 7) is 8.26. The maximum atomic E-state index is 5.50. The zero-order chi connectivity index (χ0) is 19.1. The van der Waals surface area contributed by atoms with Crippen LogP contribution in [0.2, 0.25) is 0 Å². The SMILES string of the molecule is COCOCCC[C@]1(C)CN(C(c2ccccc2)c2ccccc2)C[C@H]1C. The molecule has 0 bridgehead atoms. The summed E-state index contributed by atoms with van der Waals surface area (Å²) in [5.74, 6) is 0.662. The second-order valence-electron chi connectivity index (χ2n) is 8.13. The summed E-state index contributed by atoms with van der Waals surface area (Å²) in [5.41, 5.74) is 3.07. The molecule has 1 aliphatic heterocycles. The average molecular weight is 368 g/mol. The van der Waals surface area contributed by atoms with Crippen LogP contribution < -0.4 is 0 Å². The van der Waals surface area contributed by atoms with E-state index in [9.17, 15) is 0 Å². The Kier molecular flexibility index (Phi) is 7.06. The zero-order valence-corrected chi connectivity index (χ0v) is 16.9. The van der Waals surface area contributed by atoms with Crippen molar-refractivity contribution in [1.29, 1.82) is 0 Å². The van der Waals surface area contributed by atoms with Gasteiger partial charge in [0.05, 0.1) is 6.04 Å². The van der Waals surface area contributed by atoms with Gasteiger partial charge in [-0.1, -0.05) is 74.5 Å². The Morgan fingerprint density at radius 2 is 1.63 bits per heavy atom. The van der Waals surface area contributed by atoms with E-state index in [2.05, 4.69) is 79.4 Å².